The van der Waals surface area contributed by atoms with Crippen molar-refractivity contribution >= 4 is 0 Å². The summed E-state index contributed by atoms with van der Waals surface area (Å²) in [7, 11) is 0. The van der Waals surface area contributed by atoms with E-state index >= 15 is 0 Å². The topological polar surface area (TPSA) is 48.2 Å². The van der Waals surface area contributed by atoms with Crippen LogP contribution in [0.3, 0.4) is 0 Å². The monoisotopic (exact) mass is 302 g/mol. The number of hydrogen-bond acceptors (Lipinski definition) is 4. The molecule has 2 heterocycles. The van der Waals surface area contributed by atoms with Crippen LogP contribution in [0.15, 0.2) is 28.8 Å². The molecule has 2 fully saturated rings. The summed E-state index contributed by atoms with van der Waals surface area (Å²) < 4.78 is 24.7. The van der Waals surface area contributed by atoms with Crippen molar-refractivity contribution in [2.45, 2.75) is 43.4 Å². The van der Waals surface area contributed by atoms with Gasteiger partial charge in [0.15, 0.2) is 5.82 Å². The molecule has 116 valence electrons. The fourth-order valence-corrected chi connectivity index (χ4v) is 3.72. The molecule has 2 aromatic rings. The van der Waals surface area contributed by atoms with Crippen LogP contribution in [-0.4, -0.2) is 23.4 Å². The van der Waals surface area contributed by atoms with Crippen molar-refractivity contribution in [1.29, 1.82) is 0 Å². The second-order valence-corrected chi connectivity index (χ2v) is 6.32. The molecule has 1 saturated heterocycles. The molecule has 0 N–H and O–H groups in total. The highest BCUT2D eigenvalue weighted by atomic mass is 19.1. The Morgan fingerprint density at radius 2 is 2.09 bits per heavy atom. The highest BCUT2D eigenvalue weighted by Gasteiger charge is 2.43. The predicted molar refractivity (Wildman–Crippen MR) is 78.1 cm³/mol. The molecule has 2 aliphatic rings. The van der Waals surface area contributed by atoms with E-state index in [2.05, 4.69) is 10.1 Å². The standard InChI is InChI=1S/C17H19FN2O2/c18-14-5-3-4-13(10-14)17(7-1-2-8-17)16-19-15(20-22-16)12-6-9-21-11-12/h3-5,10,12H,1-2,6-9,11H2. The van der Waals surface area contributed by atoms with Crippen molar-refractivity contribution in [1.82, 2.24) is 10.1 Å². The Morgan fingerprint density at radius 1 is 1.23 bits per heavy atom. The molecular weight excluding hydrogens is 283 g/mol. The van der Waals surface area contributed by atoms with Crippen LogP contribution in [0.25, 0.3) is 0 Å². The van der Waals surface area contributed by atoms with Crippen LogP contribution in [0.4, 0.5) is 4.39 Å². The van der Waals surface area contributed by atoms with E-state index in [4.69, 9.17) is 9.26 Å². The molecule has 0 spiro atoms. The highest BCUT2D eigenvalue weighted by molar-refractivity contribution is 5.33. The van der Waals surface area contributed by atoms with Crippen LogP contribution in [-0.2, 0) is 10.2 Å². The van der Waals surface area contributed by atoms with Crippen LogP contribution in [0.2, 0.25) is 0 Å². The second kappa shape index (κ2) is 5.47. The molecule has 4 nitrogen and oxygen atoms in total. The molecule has 1 saturated carbocycles. The quantitative estimate of drug-likeness (QED) is 0.869. The van der Waals surface area contributed by atoms with Gasteiger partial charge in [-0.1, -0.05) is 30.1 Å². The van der Waals surface area contributed by atoms with E-state index in [-0.39, 0.29) is 17.2 Å². The van der Waals surface area contributed by atoms with Gasteiger partial charge in [-0.05, 0) is 37.0 Å². The van der Waals surface area contributed by atoms with E-state index in [0.29, 0.717) is 12.5 Å². The van der Waals surface area contributed by atoms with E-state index < -0.39 is 0 Å². The number of halogens is 1. The summed E-state index contributed by atoms with van der Waals surface area (Å²) in [5.74, 6) is 1.38. The van der Waals surface area contributed by atoms with Gasteiger partial charge in [0.2, 0.25) is 5.89 Å². The molecule has 1 aliphatic carbocycles. The summed E-state index contributed by atoms with van der Waals surface area (Å²) in [6, 6.07) is 6.80. The van der Waals surface area contributed by atoms with Gasteiger partial charge in [-0.3, -0.25) is 0 Å². The Bertz CT molecular complexity index is 658. The zero-order valence-electron chi connectivity index (χ0n) is 12.4. The number of benzene rings is 1. The third kappa shape index (κ3) is 2.24. The number of hydrogen-bond donors (Lipinski definition) is 0. The zero-order valence-corrected chi connectivity index (χ0v) is 12.4. The summed E-state index contributed by atoms with van der Waals surface area (Å²) >= 11 is 0. The molecule has 1 aromatic carbocycles. The number of rotatable bonds is 3. The van der Waals surface area contributed by atoms with Crippen LogP contribution in [0.5, 0.6) is 0 Å². The Kier molecular flexibility index (Phi) is 3.45. The predicted octanol–water partition coefficient (Wildman–Crippen LogP) is 3.57. The van der Waals surface area contributed by atoms with Crippen LogP contribution >= 0.6 is 0 Å². The largest absolute Gasteiger partial charge is 0.381 e. The third-order valence-electron chi connectivity index (χ3n) is 4.98. The molecule has 0 radical (unpaired) electrons. The minimum Gasteiger partial charge on any atom is -0.381 e. The lowest BCUT2D eigenvalue weighted by molar-refractivity contribution is 0.192. The molecule has 0 amide bonds. The average molecular weight is 302 g/mol. The Labute approximate surface area is 128 Å². The van der Waals surface area contributed by atoms with Crippen LogP contribution < -0.4 is 0 Å². The van der Waals surface area contributed by atoms with E-state index in [1.807, 2.05) is 6.07 Å². The Hall–Kier alpha value is -1.75. The first-order valence-corrected chi connectivity index (χ1v) is 7.96. The highest BCUT2D eigenvalue weighted by Crippen LogP contribution is 2.46. The lowest BCUT2D eigenvalue weighted by Crippen LogP contribution is -2.24. The maximum absolute atomic E-state index is 13.7. The van der Waals surface area contributed by atoms with E-state index in [1.165, 1.54) is 6.07 Å². The Morgan fingerprint density at radius 3 is 2.82 bits per heavy atom. The summed E-state index contributed by atoms with van der Waals surface area (Å²) in [6.07, 6.45) is 4.99. The molecular formula is C17H19FN2O2. The lowest BCUT2D eigenvalue weighted by Gasteiger charge is -2.25. The molecule has 5 heteroatoms. The minimum atomic E-state index is -0.327. The normalized spacial score (nSPS) is 24.0. The van der Waals surface area contributed by atoms with Crippen LogP contribution in [0, 0.1) is 5.82 Å². The second-order valence-electron chi connectivity index (χ2n) is 6.32. The van der Waals surface area contributed by atoms with E-state index in [0.717, 1.165) is 50.1 Å². The van der Waals surface area contributed by atoms with Gasteiger partial charge >= 0.3 is 0 Å². The molecule has 1 aromatic heterocycles. The molecule has 0 bridgehead atoms. The fourth-order valence-electron chi connectivity index (χ4n) is 3.72. The fraction of sp³-hybridized carbons (Fsp3) is 0.529. The van der Waals surface area contributed by atoms with Crippen molar-refractivity contribution in [2.75, 3.05) is 13.2 Å². The van der Waals surface area contributed by atoms with Gasteiger partial charge in [-0.25, -0.2) is 4.39 Å². The first-order valence-electron chi connectivity index (χ1n) is 7.96. The van der Waals surface area contributed by atoms with Crippen molar-refractivity contribution in [2.24, 2.45) is 0 Å². The first kappa shape index (κ1) is 13.9. The summed E-state index contributed by atoms with van der Waals surface area (Å²) in [6.45, 7) is 1.41. The van der Waals surface area contributed by atoms with Gasteiger partial charge < -0.3 is 9.26 Å². The lowest BCUT2D eigenvalue weighted by atomic mass is 9.78. The smallest absolute Gasteiger partial charge is 0.237 e. The summed E-state index contributed by atoms with van der Waals surface area (Å²) in [4.78, 5) is 4.67. The third-order valence-corrected chi connectivity index (χ3v) is 4.98. The Balaban J connectivity index is 1.73. The van der Waals surface area contributed by atoms with E-state index in [9.17, 15) is 4.39 Å². The summed E-state index contributed by atoms with van der Waals surface area (Å²) in [5, 5.41) is 4.18. The average Bonchev–Trinajstić information content (AvgIpc) is 3.27. The van der Waals surface area contributed by atoms with Gasteiger partial charge in [0, 0.05) is 12.5 Å². The molecule has 4 rings (SSSR count). The van der Waals surface area contributed by atoms with Gasteiger partial charge in [0.25, 0.3) is 0 Å². The van der Waals surface area contributed by atoms with Crippen molar-refractivity contribution in [3.05, 3.63) is 47.4 Å². The molecule has 1 unspecified atom stereocenters. The van der Waals surface area contributed by atoms with Crippen molar-refractivity contribution in [3.63, 3.8) is 0 Å². The molecule has 1 atom stereocenters. The van der Waals surface area contributed by atoms with Crippen LogP contribution in [0.1, 0.15) is 55.3 Å². The van der Waals surface area contributed by atoms with Crippen molar-refractivity contribution in [3.8, 4) is 0 Å². The summed E-state index contributed by atoms with van der Waals surface area (Å²) in [5.41, 5.74) is 0.621. The number of ether oxygens (including phenoxy) is 1. The maximum Gasteiger partial charge on any atom is 0.237 e. The van der Waals surface area contributed by atoms with Gasteiger partial charge in [-0.15, -0.1) is 0 Å². The number of nitrogens with zero attached hydrogens (tertiary/aromatic N) is 2. The van der Waals surface area contributed by atoms with Gasteiger partial charge in [0.1, 0.15) is 5.82 Å². The van der Waals surface area contributed by atoms with Gasteiger partial charge in [0.05, 0.1) is 12.0 Å². The maximum atomic E-state index is 13.7. The van der Waals surface area contributed by atoms with E-state index in [1.54, 1.807) is 12.1 Å². The minimum absolute atomic E-state index is 0.215. The SMILES string of the molecule is Fc1cccc(C2(c3nc(C4CCOC4)no3)CCCC2)c1. The first-order chi connectivity index (χ1) is 10.8. The molecule has 22 heavy (non-hydrogen) atoms. The van der Waals surface area contributed by atoms with Gasteiger partial charge in [-0.2, -0.15) is 4.98 Å². The number of aromatic nitrogens is 2. The van der Waals surface area contributed by atoms with Crippen molar-refractivity contribution < 1.29 is 13.7 Å². The molecule has 1 aliphatic heterocycles. The zero-order chi connectivity index (χ0) is 15.0.